The molecule has 0 atom stereocenters. The molecule has 23 heavy (non-hydrogen) atoms. The lowest BCUT2D eigenvalue weighted by Gasteiger charge is -2.27. The van der Waals surface area contributed by atoms with Crippen molar-refractivity contribution in [1.29, 1.82) is 0 Å². The van der Waals surface area contributed by atoms with Crippen molar-refractivity contribution < 1.29 is 14.3 Å². The third-order valence-corrected chi connectivity index (χ3v) is 3.03. The van der Waals surface area contributed by atoms with Crippen LogP contribution in [0.4, 0.5) is 4.79 Å². The number of hydrogen-bond donors (Lipinski definition) is 2. The highest BCUT2D eigenvalue weighted by Crippen LogP contribution is 2.15. The Morgan fingerprint density at radius 3 is 2.30 bits per heavy atom. The minimum absolute atomic E-state index is 0.259. The summed E-state index contributed by atoms with van der Waals surface area (Å²) in [5.74, 6) is -0.260. The van der Waals surface area contributed by atoms with Crippen molar-refractivity contribution in [2.75, 3.05) is 0 Å². The zero-order valence-electron chi connectivity index (χ0n) is 14.6. The number of esters is 1. The van der Waals surface area contributed by atoms with E-state index in [0.29, 0.717) is 13.0 Å². The van der Waals surface area contributed by atoms with Gasteiger partial charge in [-0.25, -0.2) is 4.79 Å². The molecule has 1 aromatic rings. The van der Waals surface area contributed by atoms with Crippen LogP contribution in [0.2, 0.25) is 0 Å². The molecule has 0 aliphatic rings. The first-order valence-corrected chi connectivity index (χ1v) is 7.74. The molecule has 6 nitrogen and oxygen atoms in total. The number of pyridine rings is 1. The molecular formula is C17H27N3O3. The minimum Gasteiger partial charge on any atom is -0.460 e. The van der Waals surface area contributed by atoms with Crippen LogP contribution >= 0.6 is 0 Å². The molecule has 0 bridgehead atoms. The molecule has 1 aromatic heterocycles. The van der Waals surface area contributed by atoms with Crippen molar-refractivity contribution in [3.8, 4) is 0 Å². The van der Waals surface area contributed by atoms with Gasteiger partial charge in [-0.1, -0.05) is 0 Å². The standard InChI is InChI=1S/C17H27N3O3/c1-16(2,3)23-14(21)6-9-17(4,5)20-15(22)19-12-13-7-10-18-11-8-13/h7-8,10-11H,6,9,12H2,1-5H3,(H2,19,20,22). The highest BCUT2D eigenvalue weighted by molar-refractivity contribution is 5.75. The molecule has 0 unspecified atom stereocenters. The number of hydrogen-bond acceptors (Lipinski definition) is 4. The molecule has 6 heteroatoms. The SMILES string of the molecule is CC(C)(CCC(=O)OC(C)(C)C)NC(=O)NCc1ccncc1. The fourth-order valence-corrected chi connectivity index (χ4v) is 1.90. The van der Waals surface area contributed by atoms with Crippen LogP contribution in [-0.4, -0.2) is 28.1 Å². The molecule has 128 valence electrons. The highest BCUT2D eigenvalue weighted by atomic mass is 16.6. The van der Waals surface area contributed by atoms with Gasteiger partial charge in [0.15, 0.2) is 0 Å². The van der Waals surface area contributed by atoms with E-state index < -0.39 is 11.1 Å². The monoisotopic (exact) mass is 321 g/mol. The Bertz CT molecular complexity index is 522. The number of carbonyl (C=O) groups is 2. The van der Waals surface area contributed by atoms with Gasteiger partial charge >= 0.3 is 12.0 Å². The number of urea groups is 1. The third kappa shape index (κ3) is 8.80. The first kappa shape index (κ1) is 18.9. The van der Waals surface area contributed by atoms with E-state index >= 15 is 0 Å². The lowest BCUT2D eigenvalue weighted by atomic mass is 9.98. The number of ether oxygens (including phenoxy) is 1. The summed E-state index contributed by atoms with van der Waals surface area (Å²) in [5.41, 5.74) is -0.0165. The van der Waals surface area contributed by atoms with Gasteiger partial charge in [-0.15, -0.1) is 0 Å². The fourth-order valence-electron chi connectivity index (χ4n) is 1.90. The molecule has 0 aliphatic heterocycles. The van der Waals surface area contributed by atoms with Gasteiger partial charge < -0.3 is 15.4 Å². The summed E-state index contributed by atoms with van der Waals surface area (Å²) in [6, 6.07) is 3.41. The molecular weight excluding hydrogens is 294 g/mol. The Kier molecular flexibility index (Phi) is 6.54. The maximum absolute atomic E-state index is 12.0. The quantitative estimate of drug-likeness (QED) is 0.790. The number of nitrogens with zero attached hydrogens (tertiary/aromatic N) is 1. The van der Waals surface area contributed by atoms with Crippen LogP contribution in [0.1, 0.15) is 53.0 Å². The average Bonchev–Trinajstić information content (AvgIpc) is 2.42. The first-order valence-electron chi connectivity index (χ1n) is 7.74. The second kappa shape index (κ2) is 7.94. The number of rotatable bonds is 6. The molecule has 0 spiro atoms. The molecule has 2 N–H and O–H groups in total. The first-order chi connectivity index (χ1) is 10.6. The van der Waals surface area contributed by atoms with E-state index in [1.54, 1.807) is 12.4 Å². The third-order valence-electron chi connectivity index (χ3n) is 3.03. The predicted molar refractivity (Wildman–Crippen MR) is 88.8 cm³/mol. The van der Waals surface area contributed by atoms with Gasteiger partial charge in [0.25, 0.3) is 0 Å². The fraction of sp³-hybridized carbons (Fsp3) is 0.588. The van der Waals surface area contributed by atoms with Gasteiger partial charge in [0, 0.05) is 30.9 Å². The lowest BCUT2D eigenvalue weighted by Crippen LogP contribution is -2.48. The van der Waals surface area contributed by atoms with Crippen molar-refractivity contribution in [1.82, 2.24) is 15.6 Å². The molecule has 0 saturated carbocycles. The number of amides is 2. The van der Waals surface area contributed by atoms with Crippen molar-refractivity contribution in [2.24, 2.45) is 0 Å². The molecule has 1 rings (SSSR count). The van der Waals surface area contributed by atoms with Crippen LogP contribution in [0.5, 0.6) is 0 Å². The van der Waals surface area contributed by atoms with Crippen LogP contribution in [0.15, 0.2) is 24.5 Å². The van der Waals surface area contributed by atoms with E-state index in [0.717, 1.165) is 5.56 Å². The Morgan fingerprint density at radius 2 is 1.74 bits per heavy atom. The van der Waals surface area contributed by atoms with Crippen molar-refractivity contribution in [2.45, 2.75) is 65.1 Å². The minimum atomic E-state index is -0.501. The zero-order chi connectivity index (χ0) is 17.5. The lowest BCUT2D eigenvalue weighted by molar-refractivity contribution is -0.155. The Labute approximate surface area is 138 Å². The highest BCUT2D eigenvalue weighted by Gasteiger charge is 2.23. The molecule has 0 fully saturated rings. The van der Waals surface area contributed by atoms with Gasteiger partial charge in [-0.05, 0) is 58.7 Å². The van der Waals surface area contributed by atoms with Gasteiger partial charge in [0.2, 0.25) is 0 Å². The summed E-state index contributed by atoms with van der Waals surface area (Å²) >= 11 is 0. The summed E-state index contributed by atoms with van der Waals surface area (Å²) in [7, 11) is 0. The number of nitrogens with one attached hydrogen (secondary N) is 2. The van der Waals surface area contributed by atoms with Gasteiger partial charge in [0.05, 0.1) is 0 Å². The van der Waals surface area contributed by atoms with E-state index in [-0.39, 0.29) is 18.4 Å². The summed E-state index contributed by atoms with van der Waals surface area (Å²) in [6.07, 6.45) is 4.12. The molecule has 0 radical (unpaired) electrons. The van der Waals surface area contributed by atoms with Gasteiger partial charge in [0.1, 0.15) is 5.60 Å². The topological polar surface area (TPSA) is 80.3 Å². The summed E-state index contributed by atoms with van der Waals surface area (Å²) in [6.45, 7) is 9.69. The predicted octanol–water partition coefficient (Wildman–Crippen LogP) is 2.78. The maximum Gasteiger partial charge on any atom is 0.315 e. The second-order valence-corrected chi connectivity index (χ2v) is 7.13. The summed E-state index contributed by atoms with van der Waals surface area (Å²) in [4.78, 5) is 27.6. The van der Waals surface area contributed by atoms with Crippen molar-refractivity contribution in [3.63, 3.8) is 0 Å². The van der Waals surface area contributed by atoms with E-state index in [4.69, 9.17) is 4.74 Å². The molecule has 0 aliphatic carbocycles. The Hall–Kier alpha value is -2.11. The molecule has 1 heterocycles. The average molecular weight is 321 g/mol. The van der Waals surface area contributed by atoms with E-state index in [9.17, 15) is 9.59 Å². The van der Waals surface area contributed by atoms with Gasteiger partial charge in [-0.3, -0.25) is 9.78 Å². The Morgan fingerprint density at radius 1 is 1.13 bits per heavy atom. The summed E-state index contributed by atoms with van der Waals surface area (Å²) < 4.78 is 5.27. The van der Waals surface area contributed by atoms with E-state index in [1.807, 2.05) is 46.8 Å². The maximum atomic E-state index is 12.0. The molecule has 0 saturated heterocycles. The van der Waals surface area contributed by atoms with Crippen molar-refractivity contribution in [3.05, 3.63) is 30.1 Å². The van der Waals surface area contributed by atoms with E-state index in [1.165, 1.54) is 0 Å². The van der Waals surface area contributed by atoms with Crippen molar-refractivity contribution >= 4 is 12.0 Å². The number of aromatic nitrogens is 1. The zero-order valence-corrected chi connectivity index (χ0v) is 14.6. The largest absolute Gasteiger partial charge is 0.460 e. The van der Waals surface area contributed by atoms with Crippen LogP contribution < -0.4 is 10.6 Å². The normalized spacial score (nSPS) is 11.7. The summed E-state index contributed by atoms with van der Waals surface area (Å²) in [5, 5.41) is 5.66. The number of carbonyl (C=O) groups excluding carboxylic acids is 2. The van der Waals surface area contributed by atoms with E-state index in [2.05, 4.69) is 15.6 Å². The molecule has 0 aromatic carbocycles. The van der Waals surface area contributed by atoms with Gasteiger partial charge in [-0.2, -0.15) is 0 Å². The van der Waals surface area contributed by atoms with Crippen LogP contribution in [0.25, 0.3) is 0 Å². The Balaban J connectivity index is 2.36. The van der Waals surface area contributed by atoms with Crippen LogP contribution in [0, 0.1) is 0 Å². The van der Waals surface area contributed by atoms with Crippen LogP contribution in [0.3, 0.4) is 0 Å². The molecule has 2 amide bonds. The second-order valence-electron chi connectivity index (χ2n) is 7.13. The van der Waals surface area contributed by atoms with Crippen LogP contribution in [-0.2, 0) is 16.1 Å². The smallest absolute Gasteiger partial charge is 0.315 e.